The van der Waals surface area contributed by atoms with E-state index in [1.807, 2.05) is 79.7 Å². The number of carbonyl (C=O) groups is 2. The molecule has 0 bridgehead atoms. The predicted molar refractivity (Wildman–Crippen MR) is 163 cm³/mol. The van der Waals surface area contributed by atoms with Crippen LogP contribution in [0.5, 0.6) is 0 Å². The second-order valence-corrected chi connectivity index (χ2v) is 11.3. The molecule has 4 aromatic rings. The summed E-state index contributed by atoms with van der Waals surface area (Å²) in [5, 5.41) is 21.0. The summed E-state index contributed by atoms with van der Waals surface area (Å²) in [6.07, 6.45) is 2.60. The van der Waals surface area contributed by atoms with Crippen LogP contribution in [0.2, 0.25) is 0 Å². The van der Waals surface area contributed by atoms with Gasteiger partial charge in [0.15, 0.2) is 0 Å². The van der Waals surface area contributed by atoms with Crippen LogP contribution in [-0.4, -0.2) is 22.6 Å². The first kappa shape index (κ1) is 27.2. The van der Waals surface area contributed by atoms with Crippen molar-refractivity contribution in [1.29, 1.82) is 5.26 Å². The van der Waals surface area contributed by atoms with Crippen LogP contribution in [0, 0.1) is 11.3 Å². The zero-order valence-corrected chi connectivity index (χ0v) is 23.7. The average Bonchev–Trinajstić information content (AvgIpc) is 3.40. The number of nitrogens with one attached hydrogen (secondary N) is 3. The first-order valence-electron chi connectivity index (χ1n) is 12.8. The van der Waals surface area contributed by atoms with Gasteiger partial charge < -0.3 is 16.0 Å². The van der Waals surface area contributed by atoms with Gasteiger partial charge in [0.25, 0.3) is 5.91 Å². The summed E-state index contributed by atoms with van der Waals surface area (Å²) in [6, 6.07) is 25.1. The number of thiophene rings is 1. The standard InChI is InChI=1S/C31H27N5O2S2/c1-3-20-9-7-13-23(15-20)35-26(37)18-39-31-24(17-32)28(25-16-21-10-8-14-33-30(21)40-25)27(19(2)34-31)29(38)36-22-11-5-4-6-12-22/h4-16,28,34H,3,18H2,1-2H3,(H,35,37)(H,36,38). The highest BCUT2D eigenvalue weighted by molar-refractivity contribution is 8.03. The zero-order valence-electron chi connectivity index (χ0n) is 22.0. The molecule has 1 aliphatic rings. The van der Waals surface area contributed by atoms with Crippen molar-refractivity contribution >= 4 is 56.5 Å². The number of hydrogen-bond donors (Lipinski definition) is 3. The van der Waals surface area contributed by atoms with E-state index in [-0.39, 0.29) is 17.6 Å². The molecule has 0 saturated heterocycles. The van der Waals surface area contributed by atoms with Crippen molar-refractivity contribution in [3.05, 3.63) is 111 Å². The van der Waals surface area contributed by atoms with E-state index in [1.54, 1.807) is 6.20 Å². The minimum absolute atomic E-state index is 0.101. The molecule has 2 aromatic heterocycles. The van der Waals surface area contributed by atoms with Gasteiger partial charge in [0.1, 0.15) is 4.83 Å². The summed E-state index contributed by atoms with van der Waals surface area (Å²) in [4.78, 5) is 32.6. The molecule has 1 atom stereocenters. The van der Waals surface area contributed by atoms with Gasteiger partial charge in [0, 0.05) is 39.1 Å². The number of carbonyl (C=O) groups excluding carboxylic acids is 2. The maximum absolute atomic E-state index is 13.6. The third kappa shape index (κ3) is 5.93. The van der Waals surface area contributed by atoms with Gasteiger partial charge >= 0.3 is 0 Å². The van der Waals surface area contributed by atoms with E-state index in [1.165, 1.54) is 23.1 Å². The van der Waals surface area contributed by atoms with Crippen LogP contribution in [-0.2, 0) is 16.0 Å². The van der Waals surface area contributed by atoms with E-state index < -0.39 is 5.92 Å². The Labute approximate surface area is 241 Å². The van der Waals surface area contributed by atoms with Crippen molar-refractivity contribution in [2.24, 2.45) is 0 Å². The van der Waals surface area contributed by atoms with Gasteiger partial charge in [-0.3, -0.25) is 9.59 Å². The number of dihydropyridines is 1. The molecule has 0 spiro atoms. The smallest absolute Gasteiger partial charge is 0.254 e. The Balaban J connectivity index is 1.46. The fourth-order valence-electron chi connectivity index (χ4n) is 4.57. The van der Waals surface area contributed by atoms with Crippen LogP contribution in [0.25, 0.3) is 10.2 Å². The minimum Gasteiger partial charge on any atom is -0.353 e. The van der Waals surface area contributed by atoms with Gasteiger partial charge in [-0.1, -0.05) is 55.1 Å². The van der Waals surface area contributed by atoms with E-state index in [0.29, 0.717) is 27.6 Å². The summed E-state index contributed by atoms with van der Waals surface area (Å²) in [6.45, 7) is 3.89. The molecule has 2 amide bonds. The molecule has 9 heteroatoms. The van der Waals surface area contributed by atoms with E-state index >= 15 is 0 Å². The fraction of sp³-hybridized carbons (Fsp3) is 0.161. The van der Waals surface area contributed by atoms with Crippen molar-refractivity contribution in [3.63, 3.8) is 0 Å². The Hall–Kier alpha value is -4.39. The summed E-state index contributed by atoms with van der Waals surface area (Å²) in [5.74, 6) is -0.983. The molecule has 1 unspecified atom stereocenters. The number of aromatic nitrogens is 1. The molecule has 200 valence electrons. The predicted octanol–water partition coefficient (Wildman–Crippen LogP) is 6.57. The molecule has 0 radical (unpaired) electrons. The number of rotatable bonds is 8. The fourth-order valence-corrected chi connectivity index (χ4v) is 6.58. The quantitative estimate of drug-likeness (QED) is 0.223. The van der Waals surface area contributed by atoms with Crippen LogP contribution < -0.4 is 16.0 Å². The Kier molecular flexibility index (Phi) is 8.29. The maximum atomic E-state index is 13.6. The van der Waals surface area contributed by atoms with Crippen molar-refractivity contribution in [2.75, 3.05) is 16.4 Å². The van der Waals surface area contributed by atoms with E-state index in [4.69, 9.17) is 0 Å². The third-order valence-corrected chi connectivity index (χ3v) is 8.63. The lowest BCUT2D eigenvalue weighted by molar-refractivity contribution is -0.114. The summed E-state index contributed by atoms with van der Waals surface area (Å²) < 4.78 is 0. The lowest BCUT2D eigenvalue weighted by Gasteiger charge is -2.29. The zero-order chi connectivity index (χ0) is 28.1. The van der Waals surface area contributed by atoms with E-state index in [9.17, 15) is 14.9 Å². The lowest BCUT2D eigenvalue weighted by Crippen LogP contribution is -2.30. The number of nitrogens with zero attached hydrogens (tertiary/aromatic N) is 2. The number of benzene rings is 2. The molecule has 0 fully saturated rings. The number of allylic oxidation sites excluding steroid dienone is 2. The summed E-state index contributed by atoms with van der Waals surface area (Å²) in [7, 11) is 0. The highest BCUT2D eigenvalue weighted by Gasteiger charge is 2.36. The minimum atomic E-state index is -0.610. The van der Waals surface area contributed by atoms with Gasteiger partial charge in [0.2, 0.25) is 5.91 Å². The number of amides is 2. The maximum Gasteiger partial charge on any atom is 0.254 e. The first-order chi connectivity index (χ1) is 19.5. The monoisotopic (exact) mass is 565 g/mol. The normalized spacial score (nSPS) is 15.0. The van der Waals surface area contributed by atoms with Crippen LogP contribution in [0.4, 0.5) is 11.4 Å². The van der Waals surface area contributed by atoms with Crippen molar-refractivity contribution in [2.45, 2.75) is 26.2 Å². The molecule has 7 nitrogen and oxygen atoms in total. The highest BCUT2D eigenvalue weighted by atomic mass is 32.2. The molecule has 40 heavy (non-hydrogen) atoms. The number of thioether (sulfide) groups is 1. The molecule has 0 saturated carbocycles. The molecule has 0 aliphatic carbocycles. The van der Waals surface area contributed by atoms with E-state index in [2.05, 4.69) is 33.9 Å². The second-order valence-electron chi connectivity index (χ2n) is 9.21. The highest BCUT2D eigenvalue weighted by Crippen LogP contribution is 2.44. The lowest BCUT2D eigenvalue weighted by atomic mass is 9.86. The number of hydrogen-bond acceptors (Lipinski definition) is 7. The van der Waals surface area contributed by atoms with Crippen LogP contribution >= 0.6 is 23.1 Å². The largest absolute Gasteiger partial charge is 0.353 e. The van der Waals surface area contributed by atoms with Crippen LogP contribution in [0.3, 0.4) is 0 Å². The van der Waals surface area contributed by atoms with Crippen molar-refractivity contribution in [1.82, 2.24) is 10.3 Å². The number of para-hydroxylation sites is 1. The number of nitriles is 1. The van der Waals surface area contributed by atoms with Gasteiger partial charge in [-0.2, -0.15) is 5.26 Å². The topological polar surface area (TPSA) is 107 Å². The van der Waals surface area contributed by atoms with Gasteiger partial charge in [-0.15, -0.1) is 11.3 Å². The molecule has 3 N–H and O–H groups in total. The number of fused-ring (bicyclic) bond motifs is 1. The van der Waals surface area contributed by atoms with Crippen molar-refractivity contribution in [3.8, 4) is 6.07 Å². The van der Waals surface area contributed by atoms with Crippen LogP contribution in [0.15, 0.2) is 101 Å². The molecule has 3 heterocycles. The number of aryl methyl sites for hydroxylation is 1. The van der Waals surface area contributed by atoms with Crippen molar-refractivity contribution < 1.29 is 9.59 Å². The average molecular weight is 566 g/mol. The Morgan fingerprint density at radius 3 is 2.60 bits per heavy atom. The molecular weight excluding hydrogens is 539 g/mol. The second kappa shape index (κ2) is 12.2. The Morgan fingerprint density at radius 2 is 1.85 bits per heavy atom. The third-order valence-electron chi connectivity index (χ3n) is 6.49. The Morgan fingerprint density at radius 1 is 1.05 bits per heavy atom. The first-order valence-corrected chi connectivity index (χ1v) is 14.6. The molecular formula is C31H27N5O2S2. The molecule has 2 aromatic carbocycles. The molecule has 5 rings (SSSR count). The van der Waals surface area contributed by atoms with Crippen LogP contribution in [0.1, 0.15) is 30.2 Å². The molecule has 1 aliphatic heterocycles. The van der Waals surface area contributed by atoms with Gasteiger partial charge in [-0.25, -0.2) is 4.98 Å². The van der Waals surface area contributed by atoms with Gasteiger partial charge in [-0.05, 0) is 55.3 Å². The van der Waals surface area contributed by atoms with E-state index in [0.717, 1.165) is 32.8 Å². The van der Waals surface area contributed by atoms with Gasteiger partial charge in [0.05, 0.1) is 28.3 Å². The summed E-state index contributed by atoms with van der Waals surface area (Å²) >= 11 is 2.71. The number of anilines is 2. The Bertz CT molecular complexity index is 1650. The number of pyridine rings is 1. The summed E-state index contributed by atoms with van der Waals surface area (Å²) in [5.41, 5.74) is 4.01. The SMILES string of the molecule is CCc1cccc(NC(=O)CSC2=C(C#N)C(c3cc4cccnc4s3)C(C(=O)Nc3ccccc3)=C(C)N2)c1.